The quantitative estimate of drug-likeness (QED) is 0.382. The molecule has 0 aromatic heterocycles. The molecule has 0 radical (unpaired) electrons. The van der Waals surface area contributed by atoms with Crippen LogP contribution in [0.25, 0.3) is 0 Å². The molecular weight excluding hydrogens is 132 g/mol. The third kappa shape index (κ3) is 4.29. The van der Waals surface area contributed by atoms with Gasteiger partial charge in [0.1, 0.15) is 0 Å². The van der Waals surface area contributed by atoms with Crippen LogP contribution in [-0.4, -0.2) is 17.7 Å². The van der Waals surface area contributed by atoms with Gasteiger partial charge < -0.3 is 5.73 Å². The van der Waals surface area contributed by atoms with Gasteiger partial charge in [-0.3, -0.25) is 10.0 Å². The van der Waals surface area contributed by atoms with E-state index in [0.29, 0.717) is 18.9 Å². The van der Waals surface area contributed by atoms with Crippen LogP contribution in [0.1, 0.15) is 19.8 Å². The minimum absolute atomic E-state index is 0.342. The predicted molar refractivity (Wildman–Crippen MR) is 37.4 cm³/mol. The van der Waals surface area contributed by atoms with Crippen LogP contribution in [0.5, 0.6) is 0 Å². The van der Waals surface area contributed by atoms with E-state index in [1.165, 1.54) is 0 Å². The number of carbonyl (C=O) groups is 1. The number of rotatable bonds is 4. The van der Waals surface area contributed by atoms with Gasteiger partial charge in [0.15, 0.2) is 0 Å². The highest BCUT2D eigenvalue weighted by molar-refractivity contribution is 5.74. The van der Waals surface area contributed by atoms with Crippen LogP contribution in [0.4, 0.5) is 0 Å². The van der Waals surface area contributed by atoms with Crippen LogP contribution < -0.4 is 11.2 Å². The molecular formula is C6H14N2O2. The van der Waals surface area contributed by atoms with Crippen LogP contribution in [0.2, 0.25) is 0 Å². The lowest BCUT2D eigenvalue weighted by molar-refractivity contribution is -0.129. The average molecular weight is 146 g/mol. The zero-order valence-corrected chi connectivity index (χ0v) is 6.13. The Hall–Kier alpha value is -0.610. The van der Waals surface area contributed by atoms with Gasteiger partial charge >= 0.3 is 0 Å². The topological polar surface area (TPSA) is 75.4 Å². The number of nitrogens with two attached hydrogens (primary N) is 1. The van der Waals surface area contributed by atoms with Crippen LogP contribution in [0.15, 0.2) is 0 Å². The molecule has 0 aliphatic heterocycles. The van der Waals surface area contributed by atoms with E-state index < -0.39 is 0 Å². The van der Waals surface area contributed by atoms with Crippen LogP contribution in [0.3, 0.4) is 0 Å². The van der Waals surface area contributed by atoms with E-state index >= 15 is 0 Å². The first kappa shape index (κ1) is 9.39. The highest BCUT2D eigenvalue weighted by Crippen LogP contribution is 2.01. The number of hydrogen-bond acceptors (Lipinski definition) is 3. The molecule has 0 aromatic rings. The summed E-state index contributed by atoms with van der Waals surface area (Å²) in [5, 5.41) is 8.09. The van der Waals surface area contributed by atoms with Crippen LogP contribution in [-0.2, 0) is 4.79 Å². The molecule has 0 aliphatic carbocycles. The summed E-state index contributed by atoms with van der Waals surface area (Å²) in [6.45, 7) is 2.55. The van der Waals surface area contributed by atoms with Gasteiger partial charge in [0.2, 0.25) is 5.91 Å². The second-order valence-corrected chi connectivity index (χ2v) is 2.41. The Bertz CT molecular complexity index is 106. The van der Waals surface area contributed by atoms with Gasteiger partial charge in [-0.2, -0.15) is 0 Å². The number of nitrogens with one attached hydrogen (secondary N) is 1. The maximum absolute atomic E-state index is 10.4. The highest BCUT2D eigenvalue weighted by atomic mass is 16.5. The smallest absolute Gasteiger partial charge is 0.243 e. The lowest BCUT2D eigenvalue weighted by Gasteiger charge is -2.05. The summed E-state index contributed by atoms with van der Waals surface area (Å²) in [6.07, 6.45) is 1.07. The molecule has 0 rings (SSSR count). The van der Waals surface area contributed by atoms with Gasteiger partial charge in [-0.05, 0) is 18.9 Å². The molecule has 1 amide bonds. The standard InChI is InChI=1S/C6H14N2O2/c1-5(4-7)2-3-6(9)8-10/h5,10H,2-4,7H2,1H3,(H,8,9). The largest absolute Gasteiger partial charge is 0.330 e. The van der Waals surface area contributed by atoms with Gasteiger partial charge in [0.25, 0.3) is 0 Å². The van der Waals surface area contributed by atoms with E-state index in [-0.39, 0.29) is 5.91 Å². The van der Waals surface area contributed by atoms with Gasteiger partial charge in [-0.15, -0.1) is 0 Å². The first-order chi connectivity index (χ1) is 4.70. The van der Waals surface area contributed by atoms with Crippen LogP contribution in [0, 0.1) is 5.92 Å². The third-order valence-corrected chi connectivity index (χ3v) is 1.39. The fourth-order valence-electron chi connectivity index (χ4n) is 0.551. The van der Waals surface area contributed by atoms with Crippen molar-refractivity contribution in [2.75, 3.05) is 6.54 Å². The summed E-state index contributed by atoms with van der Waals surface area (Å²) in [7, 11) is 0. The molecule has 4 nitrogen and oxygen atoms in total. The lowest BCUT2D eigenvalue weighted by atomic mass is 10.1. The van der Waals surface area contributed by atoms with Crippen molar-refractivity contribution in [3.05, 3.63) is 0 Å². The van der Waals surface area contributed by atoms with Crippen molar-refractivity contribution in [2.24, 2.45) is 11.7 Å². The Balaban J connectivity index is 3.26. The van der Waals surface area contributed by atoms with E-state index in [1.807, 2.05) is 6.92 Å². The molecule has 10 heavy (non-hydrogen) atoms. The van der Waals surface area contributed by atoms with Gasteiger partial charge in [-0.25, -0.2) is 5.48 Å². The Morgan fingerprint density at radius 3 is 2.80 bits per heavy atom. The summed E-state index contributed by atoms with van der Waals surface area (Å²) in [5.74, 6) is -0.00222. The van der Waals surface area contributed by atoms with Crippen molar-refractivity contribution in [3.63, 3.8) is 0 Å². The molecule has 0 bridgehead atoms. The van der Waals surface area contributed by atoms with Crippen molar-refractivity contribution in [3.8, 4) is 0 Å². The second-order valence-electron chi connectivity index (χ2n) is 2.41. The number of carbonyl (C=O) groups excluding carboxylic acids is 1. The Morgan fingerprint density at radius 2 is 2.40 bits per heavy atom. The summed E-state index contributed by atoms with van der Waals surface area (Å²) >= 11 is 0. The first-order valence-corrected chi connectivity index (χ1v) is 3.33. The predicted octanol–water partition coefficient (Wildman–Crippen LogP) is -0.133. The molecule has 4 heteroatoms. The number of hydrogen-bond donors (Lipinski definition) is 3. The molecule has 1 atom stereocenters. The average Bonchev–Trinajstić information content (AvgIpc) is 1.99. The summed E-state index contributed by atoms with van der Waals surface area (Å²) in [4.78, 5) is 10.4. The molecule has 0 saturated heterocycles. The normalized spacial score (nSPS) is 12.7. The van der Waals surface area contributed by atoms with Crippen molar-refractivity contribution in [2.45, 2.75) is 19.8 Å². The molecule has 4 N–H and O–H groups in total. The maximum atomic E-state index is 10.4. The van der Waals surface area contributed by atoms with Gasteiger partial charge in [0.05, 0.1) is 0 Å². The Morgan fingerprint density at radius 1 is 1.80 bits per heavy atom. The maximum Gasteiger partial charge on any atom is 0.243 e. The number of amides is 1. The summed E-state index contributed by atoms with van der Waals surface area (Å²) < 4.78 is 0. The van der Waals surface area contributed by atoms with E-state index in [1.54, 1.807) is 5.48 Å². The number of hydroxylamine groups is 1. The van der Waals surface area contributed by atoms with Crippen molar-refractivity contribution >= 4 is 5.91 Å². The van der Waals surface area contributed by atoms with Crippen LogP contribution >= 0.6 is 0 Å². The third-order valence-electron chi connectivity index (χ3n) is 1.39. The summed E-state index contributed by atoms with van der Waals surface area (Å²) in [6, 6.07) is 0. The molecule has 60 valence electrons. The van der Waals surface area contributed by atoms with Crippen molar-refractivity contribution in [1.29, 1.82) is 0 Å². The Labute approximate surface area is 60.4 Å². The zero-order valence-electron chi connectivity index (χ0n) is 6.13. The van der Waals surface area contributed by atoms with E-state index in [2.05, 4.69) is 0 Å². The fourth-order valence-corrected chi connectivity index (χ4v) is 0.551. The zero-order chi connectivity index (χ0) is 7.98. The molecule has 0 spiro atoms. The monoisotopic (exact) mass is 146 g/mol. The molecule has 0 saturated carbocycles. The Kier molecular flexibility index (Phi) is 4.88. The second kappa shape index (κ2) is 5.20. The molecule has 0 aromatic carbocycles. The van der Waals surface area contributed by atoms with E-state index in [9.17, 15) is 4.79 Å². The minimum atomic E-state index is -0.347. The first-order valence-electron chi connectivity index (χ1n) is 3.33. The van der Waals surface area contributed by atoms with E-state index in [0.717, 1.165) is 6.42 Å². The molecule has 0 aliphatic rings. The van der Waals surface area contributed by atoms with Gasteiger partial charge in [0, 0.05) is 6.42 Å². The summed E-state index contributed by atoms with van der Waals surface area (Å²) in [5.41, 5.74) is 6.87. The van der Waals surface area contributed by atoms with Gasteiger partial charge in [-0.1, -0.05) is 6.92 Å². The van der Waals surface area contributed by atoms with E-state index in [4.69, 9.17) is 10.9 Å². The molecule has 0 fully saturated rings. The minimum Gasteiger partial charge on any atom is -0.330 e. The SMILES string of the molecule is CC(CN)CCC(=O)NO. The molecule has 1 unspecified atom stereocenters. The molecule has 0 heterocycles. The fraction of sp³-hybridized carbons (Fsp3) is 0.833. The lowest BCUT2D eigenvalue weighted by Crippen LogP contribution is -2.20. The highest BCUT2D eigenvalue weighted by Gasteiger charge is 2.02. The van der Waals surface area contributed by atoms with Crippen molar-refractivity contribution < 1.29 is 10.0 Å². The van der Waals surface area contributed by atoms with Crippen molar-refractivity contribution in [1.82, 2.24) is 5.48 Å².